The van der Waals surface area contributed by atoms with Crippen LogP contribution in [0.15, 0.2) is 47.3 Å². The van der Waals surface area contributed by atoms with Crippen molar-refractivity contribution in [1.29, 1.82) is 0 Å². The topological polar surface area (TPSA) is 85.8 Å². The van der Waals surface area contributed by atoms with Crippen molar-refractivity contribution in [1.82, 2.24) is 20.0 Å². The number of nitrogens with zero attached hydrogens (tertiary/aromatic N) is 4. The van der Waals surface area contributed by atoms with E-state index >= 15 is 0 Å². The highest BCUT2D eigenvalue weighted by Gasteiger charge is 2.33. The SMILES string of the molecule is O=C(Cn1ccc(C(F)(F)F)n1)Nc1cccc(-c2nnco2)c1. The minimum atomic E-state index is -4.54. The predicted molar refractivity (Wildman–Crippen MR) is 75.6 cm³/mol. The van der Waals surface area contributed by atoms with Crippen molar-refractivity contribution in [3.05, 3.63) is 48.6 Å². The second-order valence-electron chi connectivity index (χ2n) is 4.77. The van der Waals surface area contributed by atoms with Crippen LogP contribution in [0, 0.1) is 0 Å². The zero-order valence-corrected chi connectivity index (χ0v) is 12.0. The van der Waals surface area contributed by atoms with Gasteiger partial charge in [-0.25, -0.2) is 0 Å². The van der Waals surface area contributed by atoms with Crippen LogP contribution in [-0.4, -0.2) is 25.9 Å². The van der Waals surface area contributed by atoms with Crippen LogP contribution in [0.3, 0.4) is 0 Å². The standard InChI is InChI=1S/C14H10F3N5O2/c15-14(16,17)11-4-5-22(21-11)7-12(23)19-10-3-1-2-9(6-10)13-20-18-8-24-13/h1-6,8H,7H2,(H,19,23). The molecule has 0 aliphatic carbocycles. The van der Waals surface area contributed by atoms with Crippen LogP contribution in [0.25, 0.3) is 11.5 Å². The first-order chi connectivity index (χ1) is 11.4. The second kappa shape index (κ2) is 6.14. The predicted octanol–water partition coefficient (Wildman–Crippen LogP) is 2.59. The van der Waals surface area contributed by atoms with Gasteiger partial charge in [-0.15, -0.1) is 10.2 Å². The summed E-state index contributed by atoms with van der Waals surface area (Å²) in [6.45, 7) is -0.346. The molecule has 3 rings (SSSR count). The van der Waals surface area contributed by atoms with Gasteiger partial charge in [-0.05, 0) is 24.3 Å². The van der Waals surface area contributed by atoms with Crippen LogP contribution in [-0.2, 0) is 17.5 Å². The largest absolute Gasteiger partial charge is 0.435 e. The fourth-order valence-electron chi connectivity index (χ4n) is 1.98. The fourth-order valence-corrected chi connectivity index (χ4v) is 1.98. The number of carbonyl (C=O) groups excluding carboxylic acids is 1. The Hall–Kier alpha value is -3.17. The van der Waals surface area contributed by atoms with Crippen molar-refractivity contribution in [3.8, 4) is 11.5 Å². The number of amides is 1. The molecule has 0 fully saturated rings. The van der Waals surface area contributed by atoms with Gasteiger partial charge in [0.15, 0.2) is 5.69 Å². The van der Waals surface area contributed by atoms with E-state index in [0.717, 1.165) is 16.9 Å². The Morgan fingerprint density at radius 2 is 2.12 bits per heavy atom. The van der Waals surface area contributed by atoms with E-state index in [-0.39, 0.29) is 12.4 Å². The molecule has 0 atom stereocenters. The fraction of sp³-hybridized carbons (Fsp3) is 0.143. The Morgan fingerprint density at radius 1 is 1.29 bits per heavy atom. The van der Waals surface area contributed by atoms with Gasteiger partial charge in [-0.3, -0.25) is 9.48 Å². The Bertz CT molecular complexity index is 842. The van der Waals surface area contributed by atoms with Gasteiger partial charge in [0.25, 0.3) is 0 Å². The van der Waals surface area contributed by atoms with Crippen LogP contribution in [0.2, 0.25) is 0 Å². The van der Waals surface area contributed by atoms with Crippen molar-refractivity contribution in [2.75, 3.05) is 5.32 Å². The summed E-state index contributed by atoms with van der Waals surface area (Å²) in [6.07, 6.45) is -2.27. The number of rotatable bonds is 4. The Morgan fingerprint density at radius 3 is 2.79 bits per heavy atom. The number of benzene rings is 1. The molecule has 0 spiro atoms. The van der Waals surface area contributed by atoms with Crippen LogP contribution < -0.4 is 5.32 Å². The van der Waals surface area contributed by atoms with E-state index in [9.17, 15) is 18.0 Å². The van der Waals surface area contributed by atoms with E-state index in [1.807, 2.05) is 0 Å². The molecule has 10 heteroatoms. The number of halogens is 3. The van der Waals surface area contributed by atoms with E-state index in [1.165, 1.54) is 6.39 Å². The van der Waals surface area contributed by atoms with Gasteiger partial charge >= 0.3 is 6.18 Å². The van der Waals surface area contributed by atoms with Crippen LogP contribution in [0.1, 0.15) is 5.69 Å². The minimum absolute atomic E-state index is 0.285. The molecule has 2 aromatic heterocycles. The maximum Gasteiger partial charge on any atom is 0.435 e. The van der Waals surface area contributed by atoms with E-state index < -0.39 is 17.8 Å². The molecule has 24 heavy (non-hydrogen) atoms. The summed E-state index contributed by atoms with van der Waals surface area (Å²) in [5, 5.41) is 13.2. The molecule has 0 saturated carbocycles. The van der Waals surface area contributed by atoms with Gasteiger partial charge in [0, 0.05) is 17.4 Å². The summed E-state index contributed by atoms with van der Waals surface area (Å²) in [6, 6.07) is 7.43. The molecular weight excluding hydrogens is 327 g/mol. The third-order valence-electron chi connectivity index (χ3n) is 2.99. The average Bonchev–Trinajstić information content (AvgIpc) is 3.18. The highest BCUT2D eigenvalue weighted by atomic mass is 19.4. The maximum atomic E-state index is 12.5. The highest BCUT2D eigenvalue weighted by Crippen LogP contribution is 2.27. The summed E-state index contributed by atoms with van der Waals surface area (Å²) in [4.78, 5) is 11.9. The number of hydrogen-bond donors (Lipinski definition) is 1. The van der Waals surface area contributed by atoms with Gasteiger partial charge in [0.2, 0.25) is 18.2 Å². The summed E-state index contributed by atoms with van der Waals surface area (Å²) in [5.74, 6) is -0.234. The number of alkyl halides is 3. The molecule has 0 saturated heterocycles. The maximum absolute atomic E-state index is 12.5. The molecule has 124 valence electrons. The average molecular weight is 337 g/mol. The van der Waals surface area contributed by atoms with E-state index in [1.54, 1.807) is 24.3 Å². The first-order valence-electron chi connectivity index (χ1n) is 6.69. The minimum Gasteiger partial charge on any atom is -0.423 e. The van der Waals surface area contributed by atoms with Crippen LogP contribution in [0.4, 0.5) is 18.9 Å². The summed E-state index contributed by atoms with van der Waals surface area (Å²) < 4.78 is 43.4. The number of nitrogens with one attached hydrogen (secondary N) is 1. The molecular formula is C14H10F3N5O2. The molecule has 1 amide bonds. The first kappa shape index (κ1) is 15.7. The third kappa shape index (κ3) is 3.59. The van der Waals surface area contributed by atoms with E-state index in [4.69, 9.17) is 4.42 Å². The number of aromatic nitrogens is 4. The van der Waals surface area contributed by atoms with Gasteiger partial charge in [-0.1, -0.05) is 6.07 Å². The number of anilines is 1. The molecule has 0 aliphatic heterocycles. The monoisotopic (exact) mass is 337 g/mol. The van der Waals surface area contributed by atoms with E-state index in [0.29, 0.717) is 11.3 Å². The van der Waals surface area contributed by atoms with Crippen molar-refractivity contribution in [3.63, 3.8) is 0 Å². The van der Waals surface area contributed by atoms with Gasteiger partial charge < -0.3 is 9.73 Å². The molecule has 7 nitrogen and oxygen atoms in total. The molecule has 2 heterocycles. The third-order valence-corrected chi connectivity index (χ3v) is 2.99. The van der Waals surface area contributed by atoms with Crippen molar-refractivity contribution in [2.24, 2.45) is 0 Å². The summed E-state index contributed by atoms with van der Waals surface area (Å²) in [7, 11) is 0. The summed E-state index contributed by atoms with van der Waals surface area (Å²) in [5.41, 5.74) is -0.00339. The normalized spacial score (nSPS) is 11.5. The lowest BCUT2D eigenvalue weighted by atomic mass is 10.2. The lowest BCUT2D eigenvalue weighted by Crippen LogP contribution is -2.19. The molecule has 3 aromatic rings. The van der Waals surface area contributed by atoms with Crippen molar-refractivity contribution < 1.29 is 22.4 Å². The van der Waals surface area contributed by atoms with Gasteiger partial charge in [0.1, 0.15) is 6.54 Å². The van der Waals surface area contributed by atoms with Gasteiger partial charge in [0.05, 0.1) is 0 Å². The molecule has 0 bridgehead atoms. The number of hydrogen-bond acceptors (Lipinski definition) is 5. The zero-order chi connectivity index (χ0) is 17.2. The lowest BCUT2D eigenvalue weighted by molar-refractivity contribution is -0.141. The zero-order valence-electron chi connectivity index (χ0n) is 12.0. The molecule has 1 aromatic carbocycles. The lowest BCUT2D eigenvalue weighted by Gasteiger charge is -2.06. The van der Waals surface area contributed by atoms with Crippen LogP contribution >= 0.6 is 0 Å². The highest BCUT2D eigenvalue weighted by molar-refractivity contribution is 5.91. The quantitative estimate of drug-likeness (QED) is 0.791. The molecule has 0 aliphatic rings. The second-order valence-corrected chi connectivity index (χ2v) is 4.77. The van der Waals surface area contributed by atoms with Crippen molar-refractivity contribution >= 4 is 11.6 Å². The summed E-state index contributed by atoms with van der Waals surface area (Å²) >= 11 is 0. The molecule has 0 radical (unpaired) electrons. The molecule has 0 unspecified atom stereocenters. The molecule has 1 N–H and O–H groups in total. The Kier molecular flexibility index (Phi) is 4.02. The van der Waals surface area contributed by atoms with Crippen LogP contribution in [0.5, 0.6) is 0 Å². The Labute approximate surface area is 133 Å². The smallest absolute Gasteiger partial charge is 0.423 e. The number of carbonyl (C=O) groups is 1. The first-order valence-corrected chi connectivity index (χ1v) is 6.69. The van der Waals surface area contributed by atoms with E-state index in [2.05, 4.69) is 20.6 Å². The van der Waals surface area contributed by atoms with Crippen molar-refractivity contribution in [2.45, 2.75) is 12.7 Å². The van der Waals surface area contributed by atoms with Gasteiger partial charge in [-0.2, -0.15) is 18.3 Å². The Balaban J connectivity index is 1.67.